The van der Waals surface area contributed by atoms with Crippen LogP contribution in [0.5, 0.6) is 0 Å². The number of ether oxygens (including phenoxy) is 2. The Bertz CT molecular complexity index is 1250. The number of carbonyl (C=O) groups is 2. The van der Waals surface area contributed by atoms with E-state index in [9.17, 15) is 9.59 Å². The van der Waals surface area contributed by atoms with Gasteiger partial charge in [-0.2, -0.15) is 0 Å². The van der Waals surface area contributed by atoms with Crippen LogP contribution in [0.3, 0.4) is 0 Å². The number of halogens is 1. The third kappa shape index (κ3) is 10.0. The Labute approximate surface area is 257 Å². The zero-order valence-corrected chi connectivity index (χ0v) is 26.6. The van der Waals surface area contributed by atoms with E-state index in [-0.39, 0.29) is 12.8 Å². The summed E-state index contributed by atoms with van der Waals surface area (Å²) < 4.78 is 11.8. The van der Waals surface area contributed by atoms with E-state index in [0.717, 1.165) is 24.0 Å². The Hall–Kier alpha value is -3.11. The van der Waals surface area contributed by atoms with Crippen molar-refractivity contribution in [2.24, 2.45) is 0 Å². The SMILES string of the molecule is CCCCCCCCCCc1ccc(C(OC(=O)CCC(=O)OC(C)(C)C)(c2ccccc2)c2ccccc2Cl)cc1. The quantitative estimate of drug-likeness (QED) is 0.0946. The van der Waals surface area contributed by atoms with Gasteiger partial charge in [-0.1, -0.05) is 136 Å². The molecular formula is C37H47ClO4. The van der Waals surface area contributed by atoms with Gasteiger partial charge in [-0.05, 0) is 45.2 Å². The lowest BCUT2D eigenvalue weighted by molar-refractivity contribution is -0.161. The second kappa shape index (κ2) is 16.5. The predicted molar refractivity (Wildman–Crippen MR) is 172 cm³/mol. The van der Waals surface area contributed by atoms with Crippen LogP contribution in [0.15, 0.2) is 78.9 Å². The number of hydrogen-bond donors (Lipinski definition) is 0. The molecule has 1 atom stereocenters. The van der Waals surface area contributed by atoms with E-state index >= 15 is 0 Å². The zero-order valence-electron chi connectivity index (χ0n) is 25.8. The van der Waals surface area contributed by atoms with Crippen LogP contribution in [0.1, 0.15) is 114 Å². The van der Waals surface area contributed by atoms with Gasteiger partial charge in [0.15, 0.2) is 5.60 Å². The highest BCUT2D eigenvalue weighted by Crippen LogP contribution is 2.44. The minimum absolute atomic E-state index is 0.0684. The van der Waals surface area contributed by atoms with E-state index in [0.29, 0.717) is 10.6 Å². The summed E-state index contributed by atoms with van der Waals surface area (Å²) in [5.74, 6) is -0.944. The van der Waals surface area contributed by atoms with Crippen molar-refractivity contribution in [1.29, 1.82) is 0 Å². The van der Waals surface area contributed by atoms with Crippen LogP contribution in [0, 0.1) is 0 Å². The van der Waals surface area contributed by atoms with Crippen LogP contribution in [-0.4, -0.2) is 17.5 Å². The molecule has 0 amide bonds. The maximum absolute atomic E-state index is 13.4. The molecule has 4 nitrogen and oxygen atoms in total. The fourth-order valence-electron chi connectivity index (χ4n) is 5.26. The maximum Gasteiger partial charge on any atom is 0.307 e. The summed E-state index contributed by atoms with van der Waals surface area (Å²) in [6, 6.07) is 25.4. The van der Waals surface area contributed by atoms with E-state index in [1.54, 1.807) is 26.8 Å². The molecule has 0 aliphatic rings. The molecule has 5 heteroatoms. The third-order valence-corrected chi connectivity index (χ3v) is 7.66. The van der Waals surface area contributed by atoms with Gasteiger partial charge in [0.2, 0.25) is 0 Å². The first-order valence-corrected chi connectivity index (χ1v) is 15.9. The number of hydrogen-bond acceptors (Lipinski definition) is 4. The molecule has 0 saturated heterocycles. The van der Waals surface area contributed by atoms with E-state index in [4.69, 9.17) is 21.1 Å². The minimum Gasteiger partial charge on any atom is -0.460 e. The number of rotatable bonds is 16. The molecule has 0 N–H and O–H groups in total. The van der Waals surface area contributed by atoms with Crippen molar-refractivity contribution in [3.8, 4) is 0 Å². The molecule has 42 heavy (non-hydrogen) atoms. The van der Waals surface area contributed by atoms with Crippen LogP contribution >= 0.6 is 11.6 Å². The highest BCUT2D eigenvalue weighted by atomic mass is 35.5. The molecule has 3 aromatic carbocycles. The summed E-state index contributed by atoms with van der Waals surface area (Å²) >= 11 is 6.80. The molecule has 0 fully saturated rings. The summed E-state index contributed by atoms with van der Waals surface area (Å²) in [6.07, 6.45) is 11.1. The van der Waals surface area contributed by atoms with Crippen LogP contribution in [0.4, 0.5) is 0 Å². The lowest BCUT2D eigenvalue weighted by atomic mass is 9.79. The molecule has 0 radical (unpaired) electrons. The van der Waals surface area contributed by atoms with Crippen LogP contribution in [-0.2, 0) is 31.1 Å². The number of carbonyl (C=O) groups excluding carboxylic acids is 2. The second-order valence-electron chi connectivity index (χ2n) is 12.0. The molecule has 0 heterocycles. The van der Waals surface area contributed by atoms with E-state index in [2.05, 4.69) is 19.1 Å². The lowest BCUT2D eigenvalue weighted by Gasteiger charge is -2.36. The van der Waals surface area contributed by atoms with Crippen molar-refractivity contribution in [3.05, 3.63) is 106 Å². The predicted octanol–water partition coefficient (Wildman–Crippen LogP) is 9.98. The van der Waals surface area contributed by atoms with Gasteiger partial charge in [-0.3, -0.25) is 9.59 Å². The van der Waals surface area contributed by atoms with E-state index < -0.39 is 23.1 Å². The number of unbranched alkanes of at least 4 members (excludes halogenated alkanes) is 7. The molecule has 1 unspecified atom stereocenters. The molecule has 0 saturated carbocycles. The first-order chi connectivity index (χ1) is 20.2. The molecule has 226 valence electrons. The fraction of sp³-hybridized carbons (Fsp3) is 0.459. The average Bonchev–Trinajstić information content (AvgIpc) is 2.96. The highest BCUT2D eigenvalue weighted by Gasteiger charge is 2.42. The van der Waals surface area contributed by atoms with Crippen molar-refractivity contribution in [3.63, 3.8) is 0 Å². The maximum atomic E-state index is 13.4. The smallest absolute Gasteiger partial charge is 0.307 e. The monoisotopic (exact) mass is 590 g/mol. The van der Waals surface area contributed by atoms with Crippen LogP contribution in [0.25, 0.3) is 0 Å². The van der Waals surface area contributed by atoms with Gasteiger partial charge < -0.3 is 9.47 Å². The molecule has 0 aliphatic carbocycles. The average molecular weight is 591 g/mol. The van der Waals surface area contributed by atoms with E-state index in [1.165, 1.54) is 50.5 Å². The van der Waals surface area contributed by atoms with Gasteiger partial charge >= 0.3 is 11.9 Å². The first kappa shape index (κ1) is 33.4. The topological polar surface area (TPSA) is 52.6 Å². The molecule has 0 bridgehead atoms. The second-order valence-corrected chi connectivity index (χ2v) is 12.4. The van der Waals surface area contributed by atoms with Gasteiger partial charge in [0.1, 0.15) is 5.60 Å². The Balaban J connectivity index is 1.86. The molecular weight excluding hydrogens is 544 g/mol. The summed E-state index contributed by atoms with van der Waals surface area (Å²) in [5, 5.41) is 0.490. The molecule has 0 aromatic heterocycles. The Morgan fingerprint density at radius 1 is 0.643 bits per heavy atom. The summed E-state index contributed by atoms with van der Waals surface area (Å²) in [7, 11) is 0. The van der Waals surface area contributed by atoms with Crippen molar-refractivity contribution in [2.75, 3.05) is 0 Å². The van der Waals surface area contributed by atoms with Crippen LogP contribution in [0.2, 0.25) is 5.02 Å². The Morgan fingerprint density at radius 3 is 1.76 bits per heavy atom. The summed E-state index contributed by atoms with van der Waals surface area (Å²) in [5.41, 5.74) is 1.58. The molecule has 3 rings (SSSR count). The highest BCUT2D eigenvalue weighted by molar-refractivity contribution is 6.31. The number of esters is 2. The summed E-state index contributed by atoms with van der Waals surface area (Å²) in [4.78, 5) is 25.8. The van der Waals surface area contributed by atoms with Crippen molar-refractivity contribution >= 4 is 23.5 Å². The first-order valence-electron chi connectivity index (χ1n) is 15.5. The van der Waals surface area contributed by atoms with Crippen molar-refractivity contribution in [1.82, 2.24) is 0 Å². The Kier molecular flexibility index (Phi) is 13.1. The van der Waals surface area contributed by atoms with Gasteiger partial charge in [0.05, 0.1) is 12.8 Å². The van der Waals surface area contributed by atoms with Gasteiger partial charge in [0, 0.05) is 21.7 Å². The normalized spacial score (nSPS) is 12.9. The summed E-state index contributed by atoms with van der Waals surface area (Å²) in [6.45, 7) is 7.67. The van der Waals surface area contributed by atoms with Gasteiger partial charge in [-0.25, -0.2) is 0 Å². The molecule has 0 aliphatic heterocycles. The van der Waals surface area contributed by atoms with Crippen molar-refractivity contribution in [2.45, 2.75) is 110 Å². The minimum atomic E-state index is -1.29. The third-order valence-electron chi connectivity index (χ3n) is 7.33. The Morgan fingerprint density at radius 2 is 1.17 bits per heavy atom. The molecule has 3 aromatic rings. The zero-order chi connectivity index (χ0) is 30.4. The van der Waals surface area contributed by atoms with Gasteiger partial charge in [0.25, 0.3) is 0 Å². The van der Waals surface area contributed by atoms with Gasteiger partial charge in [-0.15, -0.1) is 0 Å². The van der Waals surface area contributed by atoms with Crippen molar-refractivity contribution < 1.29 is 19.1 Å². The largest absolute Gasteiger partial charge is 0.460 e. The number of aryl methyl sites for hydroxylation is 1. The fourth-order valence-corrected chi connectivity index (χ4v) is 5.53. The lowest BCUT2D eigenvalue weighted by Crippen LogP contribution is -2.36. The van der Waals surface area contributed by atoms with E-state index in [1.807, 2.05) is 60.7 Å². The molecule has 0 spiro atoms. The van der Waals surface area contributed by atoms with Crippen LogP contribution < -0.4 is 0 Å². The number of benzene rings is 3. The standard InChI is InChI=1S/C37H47ClO4/c1-5-6-7-8-9-10-11-13-18-29-23-25-31(26-24-29)37(30-19-14-12-15-20-30,32-21-16-17-22-33(32)38)42-35(40)28-27-34(39)41-36(2,3)4/h12,14-17,19-26H,5-11,13,18,27-28H2,1-4H3.